The van der Waals surface area contributed by atoms with Crippen LogP contribution in [0.5, 0.6) is 0 Å². The van der Waals surface area contributed by atoms with Gasteiger partial charge in [-0.2, -0.15) is 0 Å². The SMILES string of the molecule is C[C@H]1NC(=O)[C@@H](C)NC1=O. The van der Waals surface area contributed by atoms with Crippen LogP contribution in [0.4, 0.5) is 0 Å². The molecule has 10 heavy (non-hydrogen) atoms. The van der Waals surface area contributed by atoms with E-state index in [1.165, 1.54) is 0 Å². The predicted molar refractivity (Wildman–Crippen MR) is 35.2 cm³/mol. The van der Waals surface area contributed by atoms with Crippen molar-refractivity contribution in [3.63, 3.8) is 0 Å². The molecule has 1 rings (SSSR count). The molecule has 1 fully saturated rings. The Labute approximate surface area is 59.0 Å². The molecule has 4 heteroatoms. The van der Waals surface area contributed by atoms with Gasteiger partial charge >= 0.3 is 0 Å². The molecule has 4 nitrogen and oxygen atoms in total. The molecule has 1 aliphatic heterocycles. The minimum atomic E-state index is -0.385. The van der Waals surface area contributed by atoms with Crippen molar-refractivity contribution in [3.8, 4) is 0 Å². The molecule has 1 aliphatic rings. The van der Waals surface area contributed by atoms with E-state index in [2.05, 4.69) is 10.6 Å². The standard InChI is InChI=1S/C6H10N2O2/c1-3-5(9)8-4(2)6(10)7-3/h3-4H,1-2H3,(H,7,10)(H,8,9)/t3-,4-/m1/s1. The molecule has 56 valence electrons. The van der Waals surface area contributed by atoms with Crippen LogP contribution in [0.15, 0.2) is 0 Å². The third-order valence-electron chi connectivity index (χ3n) is 1.50. The highest BCUT2D eigenvalue weighted by atomic mass is 16.2. The molecule has 2 amide bonds. The molecule has 0 aromatic heterocycles. The second-order valence-electron chi connectivity index (χ2n) is 2.46. The van der Waals surface area contributed by atoms with Crippen molar-refractivity contribution in [2.75, 3.05) is 0 Å². The first-order chi connectivity index (χ1) is 4.61. The van der Waals surface area contributed by atoms with Crippen molar-refractivity contribution in [3.05, 3.63) is 0 Å². The van der Waals surface area contributed by atoms with Crippen molar-refractivity contribution in [1.29, 1.82) is 0 Å². The number of nitrogens with one attached hydrogen (secondary N) is 2. The van der Waals surface area contributed by atoms with Crippen LogP contribution in [0.3, 0.4) is 0 Å². The lowest BCUT2D eigenvalue weighted by Gasteiger charge is -2.24. The fourth-order valence-corrected chi connectivity index (χ4v) is 0.808. The molecular formula is C6H10N2O2. The van der Waals surface area contributed by atoms with Crippen molar-refractivity contribution in [1.82, 2.24) is 10.6 Å². The number of piperazine rings is 1. The average Bonchev–Trinajstić information content (AvgIpc) is 1.84. The minimum Gasteiger partial charge on any atom is -0.343 e. The summed E-state index contributed by atoms with van der Waals surface area (Å²) in [5, 5.41) is 5.06. The number of amides is 2. The average molecular weight is 142 g/mol. The largest absolute Gasteiger partial charge is 0.343 e. The summed E-state index contributed by atoms with van der Waals surface area (Å²) in [4.78, 5) is 21.6. The van der Waals surface area contributed by atoms with Crippen LogP contribution < -0.4 is 10.6 Å². The highest BCUT2D eigenvalue weighted by Crippen LogP contribution is 1.94. The van der Waals surface area contributed by atoms with Crippen LogP contribution in [0.1, 0.15) is 13.8 Å². The smallest absolute Gasteiger partial charge is 0.242 e. The second kappa shape index (κ2) is 2.28. The third-order valence-corrected chi connectivity index (χ3v) is 1.50. The number of hydrogen-bond donors (Lipinski definition) is 2. The molecule has 2 atom stereocenters. The maximum atomic E-state index is 10.8. The Morgan fingerprint density at radius 2 is 1.30 bits per heavy atom. The summed E-state index contributed by atoms with van der Waals surface area (Å²) in [6.45, 7) is 3.30. The molecule has 2 N–H and O–H groups in total. The Bertz CT molecular complexity index is 159. The van der Waals surface area contributed by atoms with E-state index in [4.69, 9.17) is 0 Å². The molecule has 0 radical (unpaired) electrons. The molecule has 1 heterocycles. The van der Waals surface area contributed by atoms with Gasteiger partial charge in [-0.3, -0.25) is 9.59 Å². The summed E-state index contributed by atoms with van der Waals surface area (Å²) in [5.41, 5.74) is 0. The van der Waals surface area contributed by atoms with Crippen molar-refractivity contribution in [2.45, 2.75) is 25.9 Å². The lowest BCUT2D eigenvalue weighted by Crippen LogP contribution is -2.59. The number of carbonyl (C=O) groups excluding carboxylic acids is 2. The Hall–Kier alpha value is -1.06. The van der Waals surface area contributed by atoms with Gasteiger partial charge in [-0.1, -0.05) is 0 Å². The molecule has 0 unspecified atom stereocenters. The zero-order valence-electron chi connectivity index (χ0n) is 5.97. The quantitative estimate of drug-likeness (QED) is 0.456. The monoisotopic (exact) mass is 142 g/mol. The molecule has 0 aliphatic carbocycles. The summed E-state index contributed by atoms with van der Waals surface area (Å²) in [5.74, 6) is -0.237. The van der Waals surface area contributed by atoms with Gasteiger partial charge < -0.3 is 10.6 Å². The molecule has 0 aromatic carbocycles. The topological polar surface area (TPSA) is 58.2 Å². The summed E-state index contributed by atoms with van der Waals surface area (Å²) in [7, 11) is 0. The van der Waals surface area contributed by atoms with Crippen molar-refractivity contribution >= 4 is 11.8 Å². The van der Waals surface area contributed by atoms with Gasteiger partial charge in [0, 0.05) is 0 Å². The van der Waals surface area contributed by atoms with Gasteiger partial charge in [-0.15, -0.1) is 0 Å². The normalized spacial score (nSPS) is 33.0. The molecule has 0 saturated carbocycles. The predicted octanol–water partition coefficient (Wildman–Crippen LogP) is -0.991. The molecule has 0 aromatic rings. The maximum absolute atomic E-state index is 10.8. The summed E-state index contributed by atoms with van der Waals surface area (Å²) >= 11 is 0. The van der Waals surface area contributed by atoms with E-state index in [-0.39, 0.29) is 23.9 Å². The first-order valence-electron chi connectivity index (χ1n) is 3.22. The highest BCUT2D eigenvalue weighted by molar-refractivity contribution is 5.96. The van der Waals surface area contributed by atoms with Crippen LogP contribution in [-0.2, 0) is 9.59 Å². The van der Waals surface area contributed by atoms with E-state index in [9.17, 15) is 9.59 Å². The van der Waals surface area contributed by atoms with E-state index in [1.807, 2.05) is 0 Å². The highest BCUT2D eigenvalue weighted by Gasteiger charge is 2.26. The number of hydrogen-bond acceptors (Lipinski definition) is 2. The third kappa shape index (κ3) is 1.10. The van der Waals surface area contributed by atoms with Crippen LogP contribution in [0, 0.1) is 0 Å². The second-order valence-corrected chi connectivity index (χ2v) is 2.46. The van der Waals surface area contributed by atoms with E-state index >= 15 is 0 Å². The first-order valence-corrected chi connectivity index (χ1v) is 3.22. The zero-order chi connectivity index (χ0) is 7.72. The molecule has 0 bridgehead atoms. The summed E-state index contributed by atoms with van der Waals surface area (Å²) in [6, 6.07) is -0.771. The fraction of sp³-hybridized carbons (Fsp3) is 0.667. The van der Waals surface area contributed by atoms with Gasteiger partial charge in [-0.25, -0.2) is 0 Å². The minimum absolute atomic E-state index is 0.118. The van der Waals surface area contributed by atoms with Crippen LogP contribution in [0.2, 0.25) is 0 Å². The van der Waals surface area contributed by atoms with E-state index in [0.717, 1.165) is 0 Å². The fourth-order valence-electron chi connectivity index (χ4n) is 0.808. The Morgan fingerprint density at radius 1 is 1.00 bits per heavy atom. The summed E-state index contributed by atoms with van der Waals surface area (Å²) < 4.78 is 0. The van der Waals surface area contributed by atoms with Gasteiger partial charge in [-0.05, 0) is 13.8 Å². The lowest BCUT2D eigenvalue weighted by molar-refractivity contribution is -0.135. The van der Waals surface area contributed by atoms with Crippen LogP contribution >= 0.6 is 0 Å². The van der Waals surface area contributed by atoms with E-state index < -0.39 is 0 Å². The Morgan fingerprint density at radius 3 is 1.60 bits per heavy atom. The molecule has 0 spiro atoms. The van der Waals surface area contributed by atoms with Crippen LogP contribution in [-0.4, -0.2) is 23.9 Å². The van der Waals surface area contributed by atoms with Gasteiger partial charge in [0.1, 0.15) is 12.1 Å². The first kappa shape index (κ1) is 7.05. The molecule has 1 saturated heterocycles. The lowest BCUT2D eigenvalue weighted by atomic mass is 10.2. The van der Waals surface area contributed by atoms with Gasteiger partial charge in [0.05, 0.1) is 0 Å². The Balaban J connectivity index is 2.63. The molecular weight excluding hydrogens is 132 g/mol. The maximum Gasteiger partial charge on any atom is 0.242 e. The number of rotatable bonds is 0. The van der Waals surface area contributed by atoms with Crippen LogP contribution in [0.25, 0.3) is 0 Å². The van der Waals surface area contributed by atoms with E-state index in [1.54, 1.807) is 13.8 Å². The van der Waals surface area contributed by atoms with Gasteiger partial charge in [0.25, 0.3) is 0 Å². The van der Waals surface area contributed by atoms with Crippen molar-refractivity contribution < 1.29 is 9.59 Å². The number of carbonyl (C=O) groups is 2. The Kier molecular flexibility index (Phi) is 1.61. The van der Waals surface area contributed by atoms with E-state index in [0.29, 0.717) is 0 Å². The zero-order valence-corrected chi connectivity index (χ0v) is 5.97. The van der Waals surface area contributed by atoms with Crippen molar-refractivity contribution in [2.24, 2.45) is 0 Å². The summed E-state index contributed by atoms with van der Waals surface area (Å²) in [6.07, 6.45) is 0. The van der Waals surface area contributed by atoms with Gasteiger partial charge in [0.15, 0.2) is 0 Å². The van der Waals surface area contributed by atoms with Gasteiger partial charge in [0.2, 0.25) is 11.8 Å².